The molecule has 1 atom stereocenters. The van der Waals surface area contributed by atoms with Crippen molar-refractivity contribution in [3.63, 3.8) is 0 Å². The molecule has 1 saturated heterocycles. The van der Waals surface area contributed by atoms with Gasteiger partial charge in [-0.2, -0.15) is 4.98 Å². The first-order valence-corrected chi connectivity index (χ1v) is 11.8. The third-order valence-corrected chi connectivity index (χ3v) is 6.34. The zero-order chi connectivity index (χ0) is 21.6. The maximum absolute atomic E-state index is 5.84. The van der Waals surface area contributed by atoms with Gasteiger partial charge in [0.05, 0.1) is 6.54 Å². The molecule has 1 aliphatic rings. The van der Waals surface area contributed by atoms with Gasteiger partial charge in [-0.1, -0.05) is 68.8 Å². The number of para-hydroxylation sites is 1. The van der Waals surface area contributed by atoms with E-state index in [0.717, 1.165) is 36.9 Å². The number of nitrogens with two attached hydrogens (primary N) is 2. The second-order valence-electron chi connectivity index (χ2n) is 8.61. The van der Waals surface area contributed by atoms with Crippen LogP contribution in [-0.4, -0.2) is 31.8 Å². The summed E-state index contributed by atoms with van der Waals surface area (Å²) in [6.07, 6.45) is 13.2. The fourth-order valence-corrected chi connectivity index (χ4v) is 4.66. The van der Waals surface area contributed by atoms with E-state index in [4.69, 9.17) is 21.0 Å². The molecule has 1 aromatic carbocycles. The van der Waals surface area contributed by atoms with Gasteiger partial charge in [0.2, 0.25) is 5.82 Å². The second kappa shape index (κ2) is 9.98. The van der Waals surface area contributed by atoms with Crippen LogP contribution in [0, 0.1) is 0 Å². The van der Waals surface area contributed by atoms with E-state index in [2.05, 4.69) is 47.1 Å². The molecule has 1 aliphatic heterocycles. The number of hydrogen-bond acceptors (Lipinski definition) is 3. The molecule has 0 spiro atoms. The fourth-order valence-electron chi connectivity index (χ4n) is 4.66. The van der Waals surface area contributed by atoms with E-state index in [1.165, 1.54) is 50.5 Å². The van der Waals surface area contributed by atoms with E-state index in [9.17, 15) is 0 Å². The Morgan fingerprint density at radius 1 is 1.13 bits per heavy atom. The lowest BCUT2D eigenvalue weighted by molar-refractivity contribution is -0.555. The van der Waals surface area contributed by atoms with Crippen molar-refractivity contribution in [1.29, 1.82) is 0 Å². The molecule has 31 heavy (non-hydrogen) atoms. The molecule has 0 radical (unpaired) electrons. The number of rotatable bonds is 10. The van der Waals surface area contributed by atoms with E-state index >= 15 is 0 Å². The average molecular weight is 424 g/mol. The fraction of sp³-hybridized carbons (Fsp3) is 0.542. The van der Waals surface area contributed by atoms with E-state index in [-0.39, 0.29) is 6.04 Å². The summed E-state index contributed by atoms with van der Waals surface area (Å²) < 4.78 is 9.93. The van der Waals surface area contributed by atoms with E-state index in [1.807, 2.05) is 4.58 Å². The zero-order valence-corrected chi connectivity index (χ0v) is 18.6. The molecule has 2 aromatic heterocycles. The molecule has 4 N–H and O–H groups in total. The first-order chi connectivity index (χ1) is 15.2. The van der Waals surface area contributed by atoms with Gasteiger partial charge in [-0.15, -0.1) is 0 Å². The summed E-state index contributed by atoms with van der Waals surface area (Å²) in [6.45, 7) is 4.09. The maximum atomic E-state index is 5.84. The molecule has 0 unspecified atom stereocenters. The van der Waals surface area contributed by atoms with Crippen LogP contribution in [0.2, 0.25) is 0 Å². The molecule has 4 rings (SSSR count). The van der Waals surface area contributed by atoms with Gasteiger partial charge < -0.3 is 9.09 Å². The maximum Gasteiger partial charge on any atom is 0.341 e. The minimum atomic E-state index is -0.0349. The van der Waals surface area contributed by atoms with Crippen LogP contribution in [0.1, 0.15) is 76.6 Å². The third-order valence-electron chi connectivity index (χ3n) is 6.34. The van der Waals surface area contributed by atoms with Crippen molar-refractivity contribution in [2.45, 2.75) is 77.3 Å². The summed E-state index contributed by atoms with van der Waals surface area (Å²) in [6, 6.07) is 8.42. The van der Waals surface area contributed by atoms with Crippen LogP contribution >= 0.6 is 0 Å². The summed E-state index contributed by atoms with van der Waals surface area (Å²) in [5.74, 6) is 1.53. The molecular formula is C24H35N6O+. The molecule has 166 valence electrons. The van der Waals surface area contributed by atoms with Gasteiger partial charge in [-0.3, -0.25) is 16.0 Å². The molecule has 0 bridgehead atoms. The monoisotopic (exact) mass is 423 g/mol. The average Bonchev–Trinajstić information content (AvgIpc) is 3.51. The summed E-state index contributed by atoms with van der Waals surface area (Å²) in [5, 5.41) is 5.47. The zero-order valence-electron chi connectivity index (χ0n) is 18.6. The molecule has 1 fully saturated rings. The summed E-state index contributed by atoms with van der Waals surface area (Å²) in [5.41, 5.74) is 13.9. The topological polar surface area (TPSA) is 98.9 Å². The Morgan fingerprint density at radius 3 is 2.71 bits per heavy atom. The van der Waals surface area contributed by atoms with Crippen molar-refractivity contribution >= 4 is 16.9 Å². The minimum Gasteiger partial charge on any atom is -0.347 e. The van der Waals surface area contributed by atoms with Crippen LogP contribution in [0.3, 0.4) is 0 Å². The molecule has 0 saturated carbocycles. The Labute approximate surface area is 184 Å². The van der Waals surface area contributed by atoms with E-state index in [1.54, 1.807) is 0 Å². The highest BCUT2D eigenvalue weighted by molar-refractivity contribution is 5.94. The smallest absolute Gasteiger partial charge is 0.341 e. The van der Waals surface area contributed by atoms with Crippen molar-refractivity contribution in [2.24, 2.45) is 11.5 Å². The summed E-state index contributed by atoms with van der Waals surface area (Å²) in [7, 11) is 0. The van der Waals surface area contributed by atoms with Gasteiger partial charge in [0.15, 0.2) is 6.04 Å². The molecular weight excluding hydrogens is 388 g/mol. The quantitative estimate of drug-likeness (QED) is 0.283. The SMILES string of the molecule is CCCCCCCCCn1cc(-c2noc([C@@H]3CCC[N+]3=C(N)N)n2)c2ccccc21. The van der Waals surface area contributed by atoms with Crippen molar-refractivity contribution < 1.29 is 9.10 Å². The highest BCUT2D eigenvalue weighted by Gasteiger charge is 2.31. The number of benzene rings is 1. The van der Waals surface area contributed by atoms with Crippen molar-refractivity contribution in [1.82, 2.24) is 14.7 Å². The number of nitrogens with zero attached hydrogens (tertiary/aromatic N) is 4. The van der Waals surface area contributed by atoms with Crippen LogP contribution in [-0.2, 0) is 6.54 Å². The Bertz CT molecular complexity index is 1030. The number of fused-ring (bicyclic) bond motifs is 1. The van der Waals surface area contributed by atoms with E-state index < -0.39 is 0 Å². The number of guanidine groups is 1. The minimum absolute atomic E-state index is 0.0349. The Morgan fingerprint density at radius 2 is 1.90 bits per heavy atom. The van der Waals surface area contributed by atoms with Crippen LogP contribution in [0.25, 0.3) is 22.3 Å². The van der Waals surface area contributed by atoms with Crippen LogP contribution < -0.4 is 11.5 Å². The van der Waals surface area contributed by atoms with Gasteiger partial charge in [0.1, 0.15) is 0 Å². The van der Waals surface area contributed by atoms with Gasteiger partial charge in [-0.05, 0) is 25.3 Å². The predicted octanol–water partition coefficient (Wildman–Crippen LogP) is 4.56. The van der Waals surface area contributed by atoms with Crippen LogP contribution in [0.5, 0.6) is 0 Å². The molecule has 3 aromatic rings. The molecule has 7 nitrogen and oxygen atoms in total. The Balaban J connectivity index is 1.50. The highest BCUT2D eigenvalue weighted by atomic mass is 16.5. The molecule has 7 heteroatoms. The number of aromatic nitrogens is 3. The van der Waals surface area contributed by atoms with Gasteiger partial charge in [0, 0.05) is 29.2 Å². The van der Waals surface area contributed by atoms with Crippen molar-refractivity contribution in [2.75, 3.05) is 6.54 Å². The first-order valence-electron chi connectivity index (χ1n) is 11.8. The normalized spacial score (nSPS) is 16.4. The van der Waals surface area contributed by atoms with Gasteiger partial charge >= 0.3 is 5.96 Å². The van der Waals surface area contributed by atoms with Gasteiger partial charge in [-0.25, -0.2) is 0 Å². The highest BCUT2D eigenvalue weighted by Crippen LogP contribution is 2.32. The molecule has 3 heterocycles. The number of unbranched alkanes of at least 4 members (excludes halogenated alkanes) is 6. The van der Waals surface area contributed by atoms with Gasteiger partial charge in [0.25, 0.3) is 5.89 Å². The molecule has 0 aliphatic carbocycles. The lowest BCUT2D eigenvalue weighted by atomic mass is 10.1. The Hall–Kier alpha value is -2.83. The largest absolute Gasteiger partial charge is 0.347 e. The number of hydrogen-bond donors (Lipinski definition) is 2. The summed E-state index contributed by atoms with van der Waals surface area (Å²) in [4.78, 5) is 4.74. The molecule has 0 amide bonds. The van der Waals surface area contributed by atoms with Crippen LogP contribution in [0.15, 0.2) is 35.0 Å². The third kappa shape index (κ3) is 4.75. The standard InChI is InChI=1S/C24H34N6O/c1-2-3-4-5-6-7-10-15-29-17-19(18-12-8-9-13-20(18)29)22-27-23(31-28-22)21-14-11-16-30(21)24(25)26/h8-9,12-13,17,21H,2-7,10-11,14-16H2,1H3,(H3,25,26)/p+1/t21-/m0/s1. The lowest BCUT2D eigenvalue weighted by Gasteiger charge is -2.06. The first kappa shape index (κ1) is 21.4. The lowest BCUT2D eigenvalue weighted by Crippen LogP contribution is -2.35. The van der Waals surface area contributed by atoms with Crippen molar-refractivity contribution in [3.05, 3.63) is 36.4 Å². The number of aryl methyl sites for hydroxylation is 1. The summed E-state index contributed by atoms with van der Waals surface area (Å²) >= 11 is 0. The Kier molecular flexibility index (Phi) is 6.89. The van der Waals surface area contributed by atoms with Crippen LogP contribution in [0.4, 0.5) is 0 Å². The predicted molar refractivity (Wildman–Crippen MR) is 124 cm³/mol. The van der Waals surface area contributed by atoms with Crippen molar-refractivity contribution in [3.8, 4) is 11.4 Å². The second-order valence-corrected chi connectivity index (χ2v) is 8.61. The van der Waals surface area contributed by atoms with E-state index in [0.29, 0.717) is 17.7 Å².